The van der Waals surface area contributed by atoms with E-state index in [1.54, 1.807) is 6.20 Å². The van der Waals surface area contributed by atoms with Crippen LogP contribution >= 0.6 is 11.6 Å². The van der Waals surface area contributed by atoms with Crippen LogP contribution in [0.5, 0.6) is 0 Å². The van der Waals surface area contributed by atoms with Crippen molar-refractivity contribution in [1.29, 1.82) is 0 Å². The molecule has 1 aliphatic rings. The molecule has 0 spiro atoms. The minimum Gasteiger partial charge on any atom is -0.399 e. The lowest BCUT2D eigenvalue weighted by atomic mass is 10.2. The lowest BCUT2D eigenvalue weighted by molar-refractivity contribution is 0.647. The lowest BCUT2D eigenvalue weighted by Crippen LogP contribution is -2.46. The largest absolute Gasteiger partial charge is 0.399 e. The molecular formula is C15H17ClN4. The van der Waals surface area contributed by atoms with Gasteiger partial charge in [-0.15, -0.1) is 0 Å². The highest BCUT2D eigenvalue weighted by molar-refractivity contribution is 6.32. The van der Waals surface area contributed by atoms with Gasteiger partial charge < -0.3 is 15.5 Å². The highest BCUT2D eigenvalue weighted by atomic mass is 35.5. The van der Waals surface area contributed by atoms with Gasteiger partial charge in [0.05, 0.1) is 5.02 Å². The summed E-state index contributed by atoms with van der Waals surface area (Å²) >= 11 is 6.20. The van der Waals surface area contributed by atoms with Gasteiger partial charge in [0, 0.05) is 43.8 Å². The normalized spacial score (nSPS) is 15.4. The Kier molecular flexibility index (Phi) is 3.65. The third-order valence-corrected chi connectivity index (χ3v) is 3.87. The molecule has 0 radical (unpaired) electrons. The van der Waals surface area contributed by atoms with Crippen LogP contribution in [0.3, 0.4) is 0 Å². The molecule has 20 heavy (non-hydrogen) atoms. The second-order valence-corrected chi connectivity index (χ2v) is 5.28. The van der Waals surface area contributed by atoms with Crippen LogP contribution < -0.4 is 15.5 Å². The van der Waals surface area contributed by atoms with E-state index < -0.39 is 0 Å². The van der Waals surface area contributed by atoms with Crippen LogP contribution in [-0.4, -0.2) is 31.2 Å². The molecule has 2 N–H and O–H groups in total. The minimum atomic E-state index is 0.716. The fourth-order valence-corrected chi connectivity index (χ4v) is 2.71. The molecule has 5 heteroatoms. The highest BCUT2D eigenvalue weighted by Gasteiger charge is 2.19. The predicted octanol–water partition coefficient (Wildman–Crippen LogP) is 2.64. The molecule has 3 rings (SSSR count). The van der Waals surface area contributed by atoms with Crippen molar-refractivity contribution in [3.8, 4) is 0 Å². The van der Waals surface area contributed by atoms with Crippen LogP contribution in [0.15, 0.2) is 42.6 Å². The van der Waals surface area contributed by atoms with E-state index in [9.17, 15) is 0 Å². The first-order valence-corrected chi connectivity index (χ1v) is 7.08. The van der Waals surface area contributed by atoms with E-state index in [-0.39, 0.29) is 0 Å². The van der Waals surface area contributed by atoms with Crippen molar-refractivity contribution in [1.82, 2.24) is 4.98 Å². The van der Waals surface area contributed by atoms with Gasteiger partial charge in [-0.3, -0.25) is 0 Å². The van der Waals surface area contributed by atoms with E-state index in [0.717, 1.165) is 37.7 Å². The smallest absolute Gasteiger partial charge is 0.147 e. The molecule has 0 aliphatic carbocycles. The van der Waals surface area contributed by atoms with Crippen LogP contribution in [0.1, 0.15) is 0 Å². The van der Waals surface area contributed by atoms with Crippen LogP contribution in [0.25, 0.3) is 0 Å². The van der Waals surface area contributed by atoms with Gasteiger partial charge in [-0.2, -0.15) is 0 Å². The zero-order valence-corrected chi connectivity index (χ0v) is 11.9. The quantitative estimate of drug-likeness (QED) is 0.863. The second-order valence-electron chi connectivity index (χ2n) is 4.87. The number of benzene rings is 1. The molecule has 1 aromatic carbocycles. The van der Waals surface area contributed by atoms with Crippen molar-refractivity contribution >= 4 is 28.8 Å². The Morgan fingerprint density at radius 2 is 1.60 bits per heavy atom. The zero-order chi connectivity index (χ0) is 13.9. The Hall–Kier alpha value is -1.94. The first kappa shape index (κ1) is 13.1. The standard InChI is InChI=1S/C15H17ClN4/c16-14-2-1-7-18-15(14)20-10-8-19(9-11-20)13-5-3-12(17)4-6-13/h1-7H,8-11,17H2. The van der Waals surface area contributed by atoms with Gasteiger partial charge in [0.2, 0.25) is 0 Å². The third-order valence-electron chi connectivity index (χ3n) is 3.58. The van der Waals surface area contributed by atoms with E-state index in [1.165, 1.54) is 5.69 Å². The van der Waals surface area contributed by atoms with E-state index in [0.29, 0.717) is 5.02 Å². The number of rotatable bonds is 2. The summed E-state index contributed by atoms with van der Waals surface area (Å²) in [6.45, 7) is 3.75. The first-order valence-electron chi connectivity index (χ1n) is 6.70. The highest BCUT2D eigenvalue weighted by Crippen LogP contribution is 2.25. The number of hydrogen-bond acceptors (Lipinski definition) is 4. The Morgan fingerprint density at radius 3 is 2.25 bits per heavy atom. The molecule has 1 fully saturated rings. The Morgan fingerprint density at radius 1 is 0.950 bits per heavy atom. The number of halogens is 1. The van der Waals surface area contributed by atoms with Crippen molar-refractivity contribution in [2.75, 3.05) is 41.7 Å². The van der Waals surface area contributed by atoms with Gasteiger partial charge in [0.1, 0.15) is 5.82 Å². The average Bonchev–Trinajstić information content (AvgIpc) is 2.49. The maximum atomic E-state index is 6.20. The fraction of sp³-hybridized carbons (Fsp3) is 0.267. The van der Waals surface area contributed by atoms with E-state index >= 15 is 0 Å². The maximum Gasteiger partial charge on any atom is 0.147 e. The van der Waals surface area contributed by atoms with E-state index in [2.05, 4.69) is 26.9 Å². The SMILES string of the molecule is Nc1ccc(N2CCN(c3ncccc3Cl)CC2)cc1. The van der Waals surface area contributed by atoms with E-state index in [1.807, 2.05) is 24.3 Å². The molecule has 4 nitrogen and oxygen atoms in total. The summed E-state index contributed by atoms with van der Waals surface area (Å²) in [6, 6.07) is 11.8. The summed E-state index contributed by atoms with van der Waals surface area (Å²) < 4.78 is 0. The second kappa shape index (κ2) is 5.59. The number of piperazine rings is 1. The summed E-state index contributed by atoms with van der Waals surface area (Å²) in [6.07, 6.45) is 1.79. The summed E-state index contributed by atoms with van der Waals surface area (Å²) in [5.74, 6) is 0.881. The Balaban J connectivity index is 1.68. The molecule has 1 aromatic heterocycles. The van der Waals surface area contributed by atoms with Crippen molar-refractivity contribution in [3.05, 3.63) is 47.6 Å². The van der Waals surface area contributed by atoms with Crippen LogP contribution in [0.2, 0.25) is 5.02 Å². The number of anilines is 3. The fourth-order valence-electron chi connectivity index (χ4n) is 2.47. The molecule has 2 heterocycles. The van der Waals surface area contributed by atoms with Gasteiger partial charge in [-0.05, 0) is 36.4 Å². The molecule has 0 bridgehead atoms. The lowest BCUT2D eigenvalue weighted by Gasteiger charge is -2.37. The number of hydrogen-bond donors (Lipinski definition) is 1. The van der Waals surface area contributed by atoms with Gasteiger partial charge in [0.25, 0.3) is 0 Å². The minimum absolute atomic E-state index is 0.716. The molecule has 1 saturated heterocycles. The molecule has 0 atom stereocenters. The summed E-state index contributed by atoms with van der Waals surface area (Å²) in [5.41, 5.74) is 7.73. The number of nitrogens with zero attached hydrogens (tertiary/aromatic N) is 3. The van der Waals surface area contributed by atoms with Gasteiger partial charge in [0.15, 0.2) is 0 Å². The Bertz CT molecular complexity index is 577. The third kappa shape index (κ3) is 2.65. The molecule has 0 amide bonds. The zero-order valence-electron chi connectivity index (χ0n) is 11.2. The van der Waals surface area contributed by atoms with Crippen molar-refractivity contribution in [2.45, 2.75) is 0 Å². The average molecular weight is 289 g/mol. The van der Waals surface area contributed by atoms with Gasteiger partial charge >= 0.3 is 0 Å². The number of nitrogen functional groups attached to an aromatic ring is 1. The molecule has 0 unspecified atom stereocenters. The predicted molar refractivity (Wildman–Crippen MR) is 84.5 cm³/mol. The first-order chi connectivity index (χ1) is 9.74. The number of nitrogens with two attached hydrogens (primary N) is 1. The number of pyridine rings is 1. The van der Waals surface area contributed by atoms with Crippen molar-refractivity contribution in [3.63, 3.8) is 0 Å². The molecule has 0 saturated carbocycles. The van der Waals surface area contributed by atoms with Crippen LogP contribution in [-0.2, 0) is 0 Å². The summed E-state index contributed by atoms with van der Waals surface area (Å²) in [7, 11) is 0. The summed E-state index contributed by atoms with van der Waals surface area (Å²) in [5, 5.41) is 0.716. The van der Waals surface area contributed by atoms with E-state index in [4.69, 9.17) is 17.3 Å². The Labute approximate surface area is 123 Å². The van der Waals surface area contributed by atoms with Crippen molar-refractivity contribution in [2.24, 2.45) is 0 Å². The topological polar surface area (TPSA) is 45.4 Å². The summed E-state index contributed by atoms with van der Waals surface area (Å²) in [4.78, 5) is 8.96. The molecule has 2 aromatic rings. The van der Waals surface area contributed by atoms with Gasteiger partial charge in [-0.25, -0.2) is 4.98 Å². The van der Waals surface area contributed by atoms with Crippen LogP contribution in [0.4, 0.5) is 17.2 Å². The monoisotopic (exact) mass is 288 g/mol. The maximum absolute atomic E-state index is 6.20. The van der Waals surface area contributed by atoms with Gasteiger partial charge in [-0.1, -0.05) is 11.6 Å². The molecule has 1 aliphatic heterocycles. The van der Waals surface area contributed by atoms with Crippen molar-refractivity contribution < 1.29 is 0 Å². The van der Waals surface area contributed by atoms with Crippen LogP contribution in [0, 0.1) is 0 Å². The molecular weight excluding hydrogens is 272 g/mol. The molecule has 104 valence electrons. The number of aromatic nitrogens is 1.